The van der Waals surface area contributed by atoms with E-state index >= 15 is 0 Å². The van der Waals surface area contributed by atoms with Crippen LogP contribution in [0.25, 0.3) is 11.3 Å². The minimum absolute atomic E-state index is 0.0968. The number of hydrogen-bond acceptors (Lipinski definition) is 3. The molecule has 130 valence electrons. The summed E-state index contributed by atoms with van der Waals surface area (Å²) in [6.45, 7) is 7.68. The summed E-state index contributed by atoms with van der Waals surface area (Å²) in [4.78, 5) is 0. The smallest absolute Gasteiger partial charge is 0.0983 e. The van der Waals surface area contributed by atoms with Crippen molar-refractivity contribution in [2.24, 2.45) is 0 Å². The van der Waals surface area contributed by atoms with Crippen LogP contribution in [0.2, 0.25) is 5.02 Å². The highest BCUT2D eigenvalue weighted by Gasteiger charge is 2.33. The monoisotopic (exact) mass is 347 g/mol. The van der Waals surface area contributed by atoms with Gasteiger partial charge in [-0.3, -0.25) is 4.68 Å². The van der Waals surface area contributed by atoms with Crippen molar-refractivity contribution in [2.45, 2.75) is 57.7 Å². The second-order valence-electron chi connectivity index (χ2n) is 7.78. The summed E-state index contributed by atoms with van der Waals surface area (Å²) in [5.74, 6) is 0. The van der Waals surface area contributed by atoms with Crippen molar-refractivity contribution in [3.63, 3.8) is 0 Å². The summed E-state index contributed by atoms with van der Waals surface area (Å²) in [5.41, 5.74) is 2.33. The summed E-state index contributed by atoms with van der Waals surface area (Å²) in [6, 6.07) is 7.80. The molecule has 1 aliphatic rings. The van der Waals surface area contributed by atoms with Gasteiger partial charge in [0.25, 0.3) is 0 Å². The summed E-state index contributed by atoms with van der Waals surface area (Å²) in [5, 5.41) is 19.1. The van der Waals surface area contributed by atoms with Crippen molar-refractivity contribution < 1.29 is 5.11 Å². The molecule has 24 heavy (non-hydrogen) atoms. The van der Waals surface area contributed by atoms with Gasteiger partial charge in [0.15, 0.2) is 0 Å². The number of benzene rings is 1. The van der Waals surface area contributed by atoms with Crippen molar-refractivity contribution in [3.05, 3.63) is 41.0 Å². The molecule has 2 aromatic rings. The standard InChI is InChI=1S/C19H26ClN3O/c1-18(2,3)23-12-14(11-21-13-19(24)9-6-10-19)17(22-23)15-7-4-5-8-16(15)20/h4-5,7-8,12,21,24H,6,9-11,13H2,1-3H3. The lowest BCUT2D eigenvalue weighted by atomic mass is 9.80. The zero-order valence-corrected chi connectivity index (χ0v) is 15.4. The lowest BCUT2D eigenvalue weighted by Crippen LogP contribution is -2.46. The minimum atomic E-state index is -0.523. The van der Waals surface area contributed by atoms with Gasteiger partial charge >= 0.3 is 0 Å². The lowest BCUT2D eigenvalue weighted by molar-refractivity contribution is -0.0314. The molecule has 0 spiro atoms. The Balaban J connectivity index is 1.86. The molecule has 0 unspecified atom stereocenters. The third kappa shape index (κ3) is 3.66. The Morgan fingerprint density at radius 2 is 2.00 bits per heavy atom. The van der Waals surface area contributed by atoms with E-state index in [-0.39, 0.29) is 5.54 Å². The average Bonchev–Trinajstić information content (AvgIpc) is 2.90. The number of aromatic nitrogens is 2. The lowest BCUT2D eigenvalue weighted by Gasteiger charge is -2.36. The number of hydrogen-bond donors (Lipinski definition) is 2. The first-order valence-electron chi connectivity index (χ1n) is 8.56. The second-order valence-corrected chi connectivity index (χ2v) is 8.19. The fraction of sp³-hybridized carbons (Fsp3) is 0.526. The van der Waals surface area contributed by atoms with Crippen LogP contribution in [0, 0.1) is 0 Å². The van der Waals surface area contributed by atoms with E-state index in [0.717, 1.165) is 36.1 Å². The Morgan fingerprint density at radius 3 is 2.58 bits per heavy atom. The van der Waals surface area contributed by atoms with E-state index in [1.807, 2.05) is 28.9 Å². The quantitative estimate of drug-likeness (QED) is 0.860. The minimum Gasteiger partial charge on any atom is -0.389 e. The van der Waals surface area contributed by atoms with Gasteiger partial charge in [-0.05, 0) is 46.1 Å². The Labute approximate surface area is 148 Å². The Bertz CT molecular complexity index is 714. The molecule has 0 aliphatic heterocycles. The first-order chi connectivity index (χ1) is 11.3. The summed E-state index contributed by atoms with van der Waals surface area (Å²) >= 11 is 6.38. The number of nitrogens with zero attached hydrogens (tertiary/aromatic N) is 2. The molecule has 5 heteroatoms. The maximum atomic E-state index is 10.2. The molecule has 1 aliphatic carbocycles. The van der Waals surface area contributed by atoms with Gasteiger partial charge in [-0.1, -0.05) is 29.8 Å². The normalized spacial score (nSPS) is 16.9. The molecule has 1 heterocycles. The molecule has 3 rings (SSSR count). The molecular formula is C19H26ClN3O. The van der Waals surface area contributed by atoms with Gasteiger partial charge < -0.3 is 10.4 Å². The first kappa shape index (κ1) is 17.5. The Morgan fingerprint density at radius 1 is 1.29 bits per heavy atom. The van der Waals surface area contributed by atoms with E-state index in [9.17, 15) is 5.11 Å². The van der Waals surface area contributed by atoms with Crippen LogP contribution in [0.5, 0.6) is 0 Å². The second kappa shape index (κ2) is 6.51. The fourth-order valence-electron chi connectivity index (χ4n) is 2.95. The van der Waals surface area contributed by atoms with Crippen molar-refractivity contribution in [2.75, 3.05) is 6.54 Å². The van der Waals surface area contributed by atoms with Crippen molar-refractivity contribution in [3.8, 4) is 11.3 Å². The molecule has 2 N–H and O–H groups in total. The van der Waals surface area contributed by atoms with E-state index in [1.165, 1.54) is 0 Å². The molecule has 1 aromatic heterocycles. The van der Waals surface area contributed by atoms with Gasteiger partial charge in [-0.25, -0.2) is 0 Å². The zero-order chi connectivity index (χ0) is 17.4. The molecule has 4 nitrogen and oxygen atoms in total. The van der Waals surface area contributed by atoms with E-state index in [2.05, 4.69) is 32.3 Å². The highest BCUT2D eigenvalue weighted by Crippen LogP contribution is 2.32. The van der Waals surface area contributed by atoms with Crippen LogP contribution in [0.3, 0.4) is 0 Å². The molecule has 0 saturated heterocycles. The van der Waals surface area contributed by atoms with Crippen molar-refractivity contribution in [1.29, 1.82) is 0 Å². The summed E-state index contributed by atoms with van der Waals surface area (Å²) in [6.07, 6.45) is 4.97. The van der Waals surface area contributed by atoms with Gasteiger partial charge in [0, 0.05) is 30.4 Å². The fourth-order valence-corrected chi connectivity index (χ4v) is 3.18. The largest absolute Gasteiger partial charge is 0.389 e. The summed E-state index contributed by atoms with van der Waals surface area (Å²) in [7, 11) is 0. The van der Waals surface area contributed by atoms with Crippen LogP contribution in [-0.2, 0) is 12.1 Å². The highest BCUT2D eigenvalue weighted by molar-refractivity contribution is 6.33. The maximum absolute atomic E-state index is 10.2. The van der Waals surface area contributed by atoms with Crippen LogP contribution in [0.15, 0.2) is 30.5 Å². The molecule has 0 bridgehead atoms. The SMILES string of the molecule is CC(C)(C)n1cc(CNCC2(O)CCC2)c(-c2ccccc2Cl)n1. The van der Waals surface area contributed by atoms with Crippen LogP contribution >= 0.6 is 11.6 Å². The van der Waals surface area contributed by atoms with Crippen LogP contribution in [0.4, 0.5) is 0 Å². The topological polar surface area (TPSA) is 50.1 Å². The zero-order valence-electron chi connectivity index (χ0n) is 14.6. The maximum Gasteiger partial charge on any atom is 0.0983 e. The summed E-state index contributed by atoms with van der Waals surface area (Å²) < 4.78 is 1.99. The molecule has 1 fully saturated rings. The van der Waals surface area contributed by atoms with E-state index in [4.69, 9.17) is 16.7 Å². The van der Waals surface area contributed by atoms with Crippen LogP contribution in [0.1, 0.15) is 45.6 Å². The Hall–Kier alpha value is -1.36. The average molecular weight is 348 g/mol. The Kier molecular flexibility index (Phi) is 4.73. The predicted molar refractivity (Wildman–Crippen MR) is 98.2 cm³/mol. The predicted octanol–water partition coefficient (Wildman–Crippen LogP) is 3.96. The number of halogens is 1. The molecule has 0 amide bonds. The number of rotatable bonds is 5. The van der Waals surface area contributed by atoms with E-state index < -0.39 is 5.60 Å². The van der Waals surface area contributed by atoms with Crippen LogP contribution < -0.4 is 5.32 Å². The molecule has 0 atom stereocenters. The molecular weight excluding hydrogens is 322 g/mol. The van der Waals surface area contributed by atoms with Gasteiger partial charge in [0.2, 0.25) is 0 Å². The van der Waals surface area contributed by atoms with Gasteiger partial charge in [-0.15, -0.1) is 0 Å². The first-order valence-corrected chi connectivity index (χ1v) is 8.93. The molecule has 1 saturated carbocycles. The molecule has 1 aromatic carbocycles. The molecule has 0 radical (unpaired) electrons. The third-order valence-corrected chi connectivity index (χ3v) is 4.99. The van der Waals surface area contributed by atoms with Gasteiger partial charge in [0.05, 0.1) is 21.9 Å². The highest BCUT2D eigenvalue weighted by atomic mass is 35.5. The van der Waals surface area contributed by atoms with Crippen molar-refractivity contribution >= 4 is 11.6 Å². The number of nitrogens with one attached hydrogen (secondary N) is 1. The van der Waals surface area contributed by atoms with Crippen molar-refractivity contribution in [1.82, 2.24) is 15.1 Å². The van der Waals surface area contributed by atoms with Gasteiger partial charge in [0.1, 0.15) is 0 Å². The van der Waals surface area contributed by atoms with Gasteiger partial charge in [-0.2, -0.15) is 5.10 Å². The third-order valence-electron chi connectivity index (χ3n) is 4.66. The van der Waals surface area contributed by atoms with E-state index in [1.54, 1.807) is 0 Å². The number of aliphatic hydroxyl groups is 1. The van der Waals surface area contributed by atoms with Crippen LogP contribution in [-0.4, -0.2) is 27.0 Å². The van der Waals surface area contributed by atoms with E-state index in [0.29, 0.717) is 18.1 Å².